The summed E-state index contributed by atoms with van der Waals surface area (Å²) in [5.41, 5.74) is 14.0. The first kappa shape index (κ1) is 32.8. The quantitative estimate of drug-likeness (QED) is 0.171. The zero-order chi connectivity index (χ0) is 37.8. The van der Waals surface area contributed by atoms with Gasteiger partial charge in [0.15, 0.2) is 0 Å². The van der Waals surface area contributed by atoms with Crippen LogP contribution in [0, 0.1) is 0 Å². The first-order valence-corrected chi connectivity index (χ1v) is 19.3. The van der Waals surface area contributed by atoms with E-state index >= 15 is 0 Å². The molecule has 0 spiro atoms. The monoisotopic (exact) mass is 729 g/mol. The van der Waals surface area contributed by atoms with E-state index in [-0.39, 0.29) is 0 Å². The second-order valence-electron chi connectivity index (χ2n) is 14.4. The zero-order valence-electron chi connectivity index (χ0n) is 30.9. The van der Waals surface area contributed by atoms with E-state index in [0.29, 0.717) is 5.95 Å². The molecule has 7 aromatic carbocycles. The van der Waals surface area contributed by atoms with Crippen LogP contribution in [0.1, 0.15) is 22.3 Å². The van der Waals surface area contributed by atoms with E-state index in [0.717, 1.165) is 61.5 Å². The number of fused-ring (bicyclic) bond motifs is 5. The lowest BCUT2D eigenvalue weighted by Crippen LogP contribution is -2.37. The highest BCUT2D eigenvalue weighted by Crippen LogP contribution is 2.58. The zero-order valence-corrected chi connectivity index (χ0v) is 30.9. The van der Waals surface area contributed by atoms with Crippen molar-refractivity contribution < 1.29 is 0 Å². The minimum atomic E-state index is -0.651. The van der Waals surface area contributed by atoms with E-state index in [9.17, 15) is 0 Å². The average Bonchev–Trinajstić information content (AvgIpc) is 3.62. The van der Waals surface area contributed by atoms with Crippen molar-refractivity contribution in [1.82, 2.24) is 19.5 Å². The summed E-state index contributed by atoms with van der Waals surface area (Å²) in [6.07, 6.45) is 1.88. The number of anilines is 3. The molecule has 0 radical (unpaired) electrons. The van der Waals surface area contributed by atoms with Gasteiger partial charge in [-0.2, -0.15) is 0 Å². The maximum Gasteiger partial charge on any atom is 0.235 e. The Kier molecular flexibility index (Phi) is 7.64. The molecule has 268 valence electrons. The Morgan fingerprint density at radius 2 is 0.965 bits per heavy atom. The largest absolute Gasteiger partial charge is 0.310 e. The normalized spacial score (nSPS) is 13.0. The molecule has 0 saturated heterocycles. The Labute approximate surface area is 330 Å². The van der Waals surface area contributed by atoms with Gasteiger partial charge >= 0.3 is 0 Å². The Morgan fingerprint density at radius 1 is 0.421 bits per heavy atom. The number of hydrogen-bond donors (Lipinski definition) is 0. The molecule has 57 heavy (non-hydrogen) atoms. The van der Waals surface area contributed by atoms with Gasteiger partial charge in [0.1, 0.15) is 0 Å². The van der Waals surface area contributed by atoms with Crippen LogP contribution in [-0.2, 0) is 5.41 Å². The van der Waals surface area contributed by atoms with Crippen LogP contribution in [0.2, 0.25) is 0 Å². The van der Waals surface area contributed by atoms with E-state index in [1.165, 1.54) is 22.3 Å². The molecule has 5 nitrogen and oxygen atoms in total. The van der Waals surface area contributed by atoms with Gasteiger partial charge in [-0.25, -0.2) is 9.97 Å². The number of para-hydroxylation sites is 2. The highest BCUT2D eigenvalue weighted by atomic mass is 15.2. The van der Waals surface area contributed by atoms with Gasteiger partial charge in [0, 0.05) is 28.4 Å². The lowest BCUT2D eigenvalue weighted by Gasteiger charge is -2.46. The number of benzene rings is 7. The lowest BCUT2D eigenvalue weighted by molar-refractivity contribution is 0.732. The molecule has 0 saturated carbocycles. The summed E-state index contributed by atoms with van der Waals surface area (Å²) in [7, 11) is 0. The van der Waals surface area contributed by atoms with Gasteiger partial charge in [-0.1, -0.05) is 158 Å². The van der Waals surface area contributed by atoms with Gasteiger partial charge in [-0.05, 0) is 70.8 Å². The molecular formula is C52H35N5. The fourth-order valence-electron chi connectivity index (χ4n) is 8.90. The predicted octanol–water partition coefficient (Wildman–Crippen LogP) is 12.5. The van der Waals surface area contributed by atoms with E-state index in [2.05, 4.69) is 198 Å². The third-order valence-electron chi connectivity index (χ3n) is 11.3. The standard InChI is InChI=1S/C52H35N5/c1-6-19-36(20-7-1)44-34-45(37-21-8-2-9-22-37)55-51(54-44)57-47-31-18-32-53-50(47)41-33-43-49(35-48(41)57)56(40-27-14-5-15-28-40)46-30-17-16-29-42(46)52(43,38-23-10-3-11-24-38)39-25-12-4-13-26-39/h1-35H. The van der Waals surface area contributed by atoms with E-state index in [1.54, 1.807) is 0 Å². The fraction of sp³-hybridized carbons (Fsp3) is 0.0192. The minimum Gasteiger partial charge on any atom is -0.310 e. The number of aromatic nitrogens is 4. The Balaban J connectivity index is 1.29. The third kappa shape index (κ3) is 5.13. The fourth-order valence-corrected chi connectivity index (χ4v) is 8.90. The van der Waals surface area contributed by atoms with Crippen LogP contribution in [0.4, 0.5) is 17.1 Å². The molecule has 5 heteroatoms. The van der Waals surface area contributed by atoms with Crippen molar-refractivity contribution in [3.05, 3.63) is 235 Å². The highest BCUT2D eigenvalue weighted by molar-refractivity contribution is 6.10. The summed E-state index contributed by atoms with van der Waals surface area (Å²) in [5, 5.41) is 1.03. The van der Waals surface area contributed by atoms with Crippen molar-refractivity contribution >= 4 is 39.0 Å². The van der Waals surface area contributed by atoms with Crippen molar-refractivity contribution in [2.75, 3.05) is 4.90 Å². The van der Waals surface area contributed by atoms with Crippen LogP contribution in [0.3, 0.4) is 0 Å². The number of hydrogen-bond acceptors (Lipinski definition) is 4. The summed E-state index contributed by atoms with van der Waals surface area (Å²) in [6, 6.07) is 73.1. The van der Waals surface area contributed by atoms with Crippen molar-refractivity contribution in [3.63, 3.8) is 0 Å². The maximum absolute atomic E-state index is 5.33. The van der Waals surface area contributed by atoms with Gasteiger partial charge in [0.05, 0.1) is 44.7 Å². The molecular weight excluding hydrogens is 695 g/mol. The molecule has 0 N–H and O–H groups in total. The van der Waals surface area contributed by atoms with Crippen molar-refractivity contribution in [2.24, 2.45) is 0 Å². The van der Waals surface area contributed by atoms with Gasteiger partial charge < -0.3 is 4.90 Å². The summed E-state index contributed by atoms with van der Waals surface area (Å²) in [6.45, 7) is 0. The first-order chi connectivity index (χ1) is 28.3. The second-order valence-corrected chi connectivity index (χ2v) is 14.4. The van der Waals surface area contributed by atoms with E-state index in [4.69, 9.17) is 15.0 Å². The molecule has 10 aromatic rings. The van der Waals surface area contributed by atoms with Crippen LogP contribution < -0.4 is 4.90 Å². The molecule has 1 aliphatic heterocycles. The molecule has 0 bridgehead atoms. The van der Waals surface area contributed by atoms with Crippen LogP contribution in [0.5, 0.6) is 0 Å². The summed E-state index contributed by atoms with van der Waals surface area (Å²) in [4.78, 5) is 18.2. The molecule has 0 aliphatic carbocycles. The van der Waals surface area contributed by atoms with Crippen LogP contribution in [-0.4, -0.2) is 19.5 Å². The van der Waals surface area contributed by atoms with Crippen LogP contribution in [0.15, 0.2) is 212 Å². The Morgan fingerprint density at radius 3 is 1.58 bits per heavy atom. The second kappa shape index (κ2) is 13.3. The molecule has 0 atom stereocenters. The van der Waals surface area contributed by atoms with Gasteiger partial charge in [0.25, 0.3) is 0 Å². The smallest absolute Gasteiger partial charge is 0.235 e. The van der Waals surface area contributed by atoms with E-state index < -0.39 is 5.41 Å². The Hall–Kier alpha value is -7.63. The number of pyridine rings is 1. The predicted molar refractivity (Wildman–Crippen MR) is 232 cm³/mol. The average molecular weight is 730 g/mol. The molecule has 11 rings (SSSR count). The van der Waals surface area contributed by atoms with Crippen LogP contribution in [0.25, 0.3) is 50.4 Å². The van der Waals surface area contributed by atoms with Crippen molar-refractivity contribution in [2.45, 2.75) is 5.41 Å². The van der Waals surface area contributed by atoms with E-state index in [1.807, 2.05) is 24.4 Å². The number of rotatable bonds is 6. The van der Waals surface area contributed by atoms with Crippen molar-refractivity contribution in [1.29, 1.82) is 0 Å². The van der Waals surface area contributed by atoms with Gasteiger partial charge in [0.2, 0.25) is 5.95 Å². The summed E-state index contributed by atoms with van der Waals surface area (Å²) >= 11 is 0. The minimum absolute atomic E-state index is 0.586. The van der Waals surface area contributed by atoms with Crippen molar-refractivity contribution in [3.8, 4) is 28.5 Å². The SMILES string of the molecule is c1ccc(-c2cc(-c3ccccc3)nc(-n3c4cc5c(cc4c4ncccc43)C(c3ccccc3)(c3ccccc3)c3ccccc3N5c3ccccc3)n2)cc1. The third-order valence-corrected chi connectivity index (χ3v) is 11.3. The first-order valence-electron chi connectivity index (χ1n) is 19.3. The summed E-state index contributed by atoms with van der Waals surface area (Å²) < 4.78 is 2.20. The van der Waals surface area contributed by atoms with Gasteiger partial charge in [-0.15, -0.1) is 0 Å². The Bertz CT molecular complexity index is 2960. The molecule has 3 aromatic heterocycles. The number of nitrogens with zero attached hydrogens (tertiary/aromatic N) is 5. The lowest BCUT2D eigenvalue weighted by atomic mass is 9.62. The molecule has 1 aliphatic rings. The topological polar surface area (TPSA) is 46.8 Å². The maximum atomic E-state index is 5.33. The molecule has 0 unspecified atom stereocenters. The summed E-state index contributed by atoms with van der Waals surface area (Å²) in [5.74, 6) is 0.586. The molecule has 4 heterocycles. The molecule has 0 fully saturated rings. The highest BCUT2D eigenvalue weighted by Gasteiger charge is 2.47. The molecule has 0 amide bonds. The van der Waals surface area contributed by atoms with Crippen LogP contribution >= 0.6 is 0 Å². The van der Waals surface area contributed by atoms with Gasteiger partial charge in [-0.3, -0.25) is 9.55 Å².